The summed E-state index contributed by atoms with van der Waals surface area (Å²) in [6.07, 6.45) is -5.63. The number of alkyl halides is 5. The second-order valence-corrected chi connectivity index (χ2v) is 11.0. The van der Waals surface area contributed by atoms with Gasteiger partial charge in [0.1, 0.15) is 26.7 Å². The second kappa shape index (κ2) is 10.7. The quantitative estimate of drug-likeness (QED) is 0.178. The topological polar surface area (TPSA) is 128 Å². The largest absolute Gasteiger partial charge is 0.464 e. The van der Waals surface area contributed by atoms with Gasteiger partial charge < -0.3 is 15.5 Å². The third-order valence-electron chi connectivity index (χ3n) is 7.23. The molecule has 0 fully saturated rings. The molecule has 46 heavy (non-hydrogen) atoms. The third kappa shape index (κ3) is 4.81. The van der Waals surface area contributed by atoms with E-state index in [1.54, 1.807) is 42.5 Å². The maximum absolute atomic E-state index is 14.3. The van der Waals surface area contributed by atoms with Crippen molar-refractivity contribution >= 4 is 55.5 Å². The lowest BCUT2D eigenvalue weighted by atomic mass is 10.0. The Balaban J connectivity index is 1.41. The van der Waals surface area contributed by atoms with Crippen LogP contribution in [0, 0.1) is 0 Å². The highest BCUT2D eigenvalue weighted by Crippen LogP contribution is 2.43. The summed E-state index contributed by atoms with van der Waals surface area (Å²) in [6.45, 7) is 0. The van der Waals surface area contributed by atoms with Gasteiger partial charge >= 0.3 is 6.18 Å². The van der Waals surface area contributed by atoms with Crippen molar-refractivity contribution in [1.82, 2.24) is 19.6 Å². The Bertz CT molecular complexity index is 2320. The fraction of sp³-hybridized carbons (Fsp3) is 0.0645. The molecule has 0 bridgehead atoms. The summed E-state index contributed by atoms with van der Waals surface area (Å²) in [5.74, 6) is -1.86. The normalized spacial score (nSPS) is 12.0. The molecule has 0 aliphatic rings. The lowest BCUT2D eigenvalue weighted by Crippen LogP contribution is -2.18. The number of aromatic nitrogens is 4. The summed E-state index contributed by atoms with van der Waals surface area (Å²) < 4.78 is 76.4. The van der Waals surface area contributed by atoms with E-state index in [2.05, 4.69) is 20.4 Å². The van der Waals surface area contributed by atoms with Crippen LogP contribution < -0.4 is 11.1 Å². The van der Waals surface area contributed by atoms with Crippen LogP contribution in [0.15, 0.2) is 83.6 Å². The standard InChI is InChI=1S/C31H17F5N6O3S/c32-26(33)20-11-17(21-9-4-10-45-21)23-24(25(27(37)43)46-30(23)40-20)41-29(44)18-13-38-42-22(31(34,35)36)12-19(39-28(18)42)16-8-3-6-14-5-1-2-7-15(14)16/h1-13,26H,(H2,37,43)(H,41,44). The lowest BCUT2D eigenvalue weighted by Gasteiger charge is -2.13. The Morgan fingerprint density at radius 3 is 2.48 bits per heavy atom. The Morgan fingerprint density at radius 1 is 0.978 bits per heavy atom. The molecule has 9 nitrogen and oxygen atoms in total. The molecule has 2 aromatic carbocycles. The molecule has 5 heterocycles. The fourth-order valence-electron chi connectivity index (χ4n) is 5.24. The van der Waals surface area contributed by atoms with Crippen LogP contribution in [0.3, 0.4) is 0 Å². The molecule has 0 aliphatic carbocycles. The number of hydrogen-bond acceptors (Lipinski definition) is 7. The summed E-state index contributed by atoms with van der Waals surface area (Å²) >= 11 is 0.664. The molecule has 0 saturated carbocycles. The Hall–Kier alpha value is -5.70. The zero-order valence-electron chi connectivity index (χ0n) is 23.0. The van der Waals surface area contributed by atoms with Crippen LogP contribution >= 0.6 is 11.3 Å². The SMILES string of the molecule is NC(=O)c1sc2nc(C(F)F)cc(-c3ccco3)c2c1NC(=O)c1cnn2c(C(F)(F)F)cc(-c3cccc4ccccc34)nc12. The summed E-state index contributed by atoms with van der Waals surface area (Å²) in [6, 6.07) is 17.1. The number of fused-ring (bicyclic) bond motifs is 3. The zero-order chi connectivity index (χ0) is 32.3. The van der Waals surface area contributed by atoms with Crippen molar-refractivity contribution in [3.63, 3.8) is 0 Å². The summed E-state index contributed by atoms with van der Waals surface area (Å²) in [5, 5.41) is 7.82. The van der Waals surface area contributed by atoms with E-state index in [-0.39, 0.29) is 43.4 Å². The highest BCUT2D eigenvalue weighted by atomic mass is 32.1. The van der Waals surface area contributed by atoms with Gasteiger partial charge in [0.25, 0.3) is 18.2 Å². The highest BCUT2D eigenvalue weighted by molar-refractivity contribution is 7.21. The first-order valence-corrected chi connectivity index (χ1v) is 14.2. The molecule has 230 valence electrons. The van der Waals surface area contributed by atoms with Gasteiger partial charge in [-0.15, -0.1) is 11.3 Å². The number of carbonyl (C=O) groups is 2. The molecule has 5 aromatic heterocycles. The van der Waals surface area contributed by atoms with Crippen LogP contribution in [-0.4, -0.2) is 31.4 Å². The molecule has 0 atom stereocenters. The number of amides is 2. The van der Waals surface area contributed by atoms with Gasteiger partial charge in [-0.1, -0.05) is 42.5 Å². The van der Waals surface area contributed by atoms with Crippen molar-refractivity contribution in [1.29, 1.82) is 0 Å². The van der Waals surface area contributed by atoms with Gasteiger partial charge in [-0.05, 0) is 35.0 Å². The monoisotopic (exact) mass is 648 g/mol. The smallest absolute Gasteiger partial charge is 0.433 e. The van der Waals surface area contributed by atoms with Crippen LogP contribution in [0.1, 0.15) is 37.8 Å². The number of rotatable bonds is 6. The van der Waals surface area contributed by atoms with Crippen LogP contribution in [0.4, 0.5) is 27.6 Å². The molecule has 15 heteroatoms. The minimum atomic E-state index is -4.88. The minimum Gasteiger partial charge on any atom is -0.464 e. The van der Waals surface area contributed by atoms with Gasteiger partial charge in [0.15, 0.2) is 11.3 Å². The number of hydrogen-bond donors (Lipinski definition) is 2. The van der Waals surface area contributed by atoms with Gasteiger partial charge in [-0.25, -0.2) is 23.3 Å². The first-order chi connectivity index (χ1) is 22.0. The van der Waals surface area contributed by atoms with Crippen molar-refractivity contribution in [2.24, 2.45) is 5.73 Å². The maximum atomic E-state index is 14.3. The number of primary amides is 1. The molecular formula is C31H17F5N6O3S. The second-order valence-electron chi connectivity index (χ2n) is 10.0. The molecule has 7 aromatic rings. The van der Waals surface area contributed by atoms with E-state index in [0.717, 1.165) is 23.7 Å². The Kier molecular flexibility index (Phi) is 6.77. The molecule has 0 saturated heterocycles. The van der Waals surface area contributed by atoms with Crippen LogP contribution in [-0.2, 0) is 6.18 Å². The number of nitrogens with two attached hydrogens (primary N) is 1. The summed E-state index contributed by atoms with van der Waals surface area (Å²) in [5.41, 5.74) is 3.26. The predicted molar refractivity (Wildman–Crippen MR) is 160 cm³/mol. The number of nitrogens with one attached hydrogen (secondary N) is 1. The molecule has 2 amide bonds. The number of thiophene rings is 1. The van der Waals surface area contributed by atoms with Crippen molar-refractivity contribution in [2.45, 2.75) is 12.6 Å². The predicted octanol–water partition coefficient (Wildman–Crippen LogP) is 7.73. The molecular weight excluding hydrogens is 631 g/mol. The first-order valence-electron chi connectivity index (χ1n) is 13.4. The summed E-state index contributed by atoms with van der Waals surface area (Å²) in [7, 11) is 0. The number of pyridine rings is 1. The van der Waals surface area contributed by atoms with E-state index >= 15 is 0 Å². The average molecular weight is 649 g/mol. The number of carbonyl (C=O) groups excluding carboxylic acids is 2. The molecule has 0 radical (unpaired) electrons. The van der Waals surface area contributed by atoms with E-state index in [0.29, 0.717) is 26.8 Å². The third-order valence-corrected chi connectivity index (χ3v) is 8.33. The van der Waals surface area contributed by atoms with E-state index < -0.39 is 41.5 Å². The van der Waals surface area contributed by atoms with E-state index in [9.17, 15) is 31.5 Å². The fourth-order valence-corrected chi connectivity index (χ4v) is 6.25. The van der Waals surface area contributed by atoms with Crippen molar-refractivity contribution in [3.05, 3.63) is 101 Å². The van der Waals surface area contributed by atoms with Gasteiger partial charge in [-0.3, -0.25) is 9.59 Å². The van der Waals surface area contributed by atoms with Crippen LogP contribution in [0.2, 0.25) is 0 Å². The minimum absolute atomic E-state index is 0.0520. The van der Waals surface area contributed by atoms with Crippen molar-refractivity contribution in [2.75, 3.05) is 5.32 Å². The van der Waals surface area contributed by atoms with E-state index in [4.69, 9.17) is 10.2 Å². The number of benzene rings is 2. The average Bonchev–Trinajstić information content (AvgIpc) is 3.78. The lowest BCUT2D eigenvalue weighted by molar-refractivity contribution is -0.142. The number of anilines is 1. The molecule has 0 aliphatic heterocycles. The maximum Gasteiger partial charge on any atom is 0.433 e. The zero-order valence-corrected chi connectivity index (χ0v) is 23.8. The Labute approximate surface area is 258 Å². The number of nitrogens with zero attached hydrogens (tertiary/aromatic N) is 4. The van der Waals surface area contributed by atoms with Gasteiger partial charge in [0.05, 0.1) is 23.8 Å². The van der Waals surface area contributed by atoms with Crippen molar-refractivity contribution < 1.29 is 36.0 Å². The van der Waals surface area contributed by atoms with E-state index in [1.807, 2.05) is 0 Å². The number of furan rings is 1. The molecule has 3 N–H and O–H groups in total. The molecule has 7 rings (SSSR count). The van der Waals surface area contributed by atoms with Gasteiger partial charge in [0.2, 0.25) is 0 Å². The highest BCUT2D eigenvalue weighted by Gasteiger charge is 2.36. The first kappa shape index (κ1) is 29.0. The number of halogens is 5. The molecule has 0 unspecified atom stereocenters. The molecule has 0 spiro atoms. The van der Waals surface area contributed by atoms with Gasteiger partial charge in [-0.2, -0.15) is 18.3 Å². The van der Waals surface area contributed by atoms with Crippen LogP contribution in [0.25, 0.3) is 49.2 Å². The van der Waals surface area contributed by atoms with E-state index in [1.165, 1.54) is 18.4 Å². The van der Waals surface area contributed by atoms with Crippen LogP contribution in [0.5, 0.6) is 0 Å². The van der Waals surface area contributed by atoms with Crippen molar-refractivity contribution in [3.8, 4) is 22.6 Å². The summed E-state index contributed by atoms with van der Waals surface area (Å²) in [4.78, 5) is 34.4. The Morgan fingerprint density at radius 2 is 1.76 bits per heavy atom. The van der Waals surface area contributed by atoms with Gasteiger partial charge in [0, 0.05) is 16.5 Å².